The molecule has 186 valence electrons. The summed E-state index contributed by atoms with van der Waals surface area (Å²) in [6.45, 7) is 6.67. The number of anilines is 1. The highest BCUT2D eigenvalue weighted by atomic mass is 28.3. The van der Waals surface area contributed by atoms with Gasteiger partial charge in [0.25, 0.3) is 5.91 Å². The molecule has 2 aromatic rings. The van der Waals surface area contributed by atoms with Gasteiger partial charge in [-0.05, 0) is 76.4 Å². The fraction of sp³-hybridized carbons (Fsp3) is 0.300. The van der Waals surface area contributed by atoms with E-state index in [1.165, 1.54) is 5.19 Å². The van der Waals surface area contributed by atoms with Crippen LogP contribution >= 0.6 is 0 Å². The number of nitrogens with zero attached hydrogens (tertiary/aromatic N) is 2. The Balaban J connectivity index is 1.91. The average molecular weight is 499 g/mol. The van der Waals surface area contributed by atoms with E-state index in [-0.39, 0.29) is 17.5 Å². The number of benzene rings is 2. The number of Topliss-reactive ketones (excluding diaryl/α,β-unsaturated/α-hetero) is 1. The van der Waals surface area contributed by atoms with Crippen molar-refractivity contribution in [3.8, 4) is 0 Å². The normalized spacial score (nSPS) is 15.7. The smallest absolute Gasteiger partial charge is 0.254 e. The molecule has 0 aromatic heterocycles. The van der Waals surface area contributed by atoms with Gasteiger partial charge in [0, 0.05) is 45.4 Å². The van der Waals surface area contributed by atoms with Crippen LogP contribution in [0.25, 0.3) is 5.57 Å². The quantitative estimate of drug-likeness (QED) is 0.527. The molecule has 1 aliphatic carbocycles. The number of carbonyl (C=O) groups is 3. The van der Waals surface area contributed by atoms with E-state index in [0.29, 0.717) is 24.9 Å². The Morgan fingerprint density at radius 1 is 0.944 bits per heavy atom. The largest absolute Gasteiger partial charge is 0.378 e. The summed E-state index contributed by atoms with van der Waals surface area (Å²) in [4.78, 5) is 41.3. The van der Waals surface area contributed by atoms with Crippen LogP contribution in [0, 0.1) is 0 Å². The van der Waals surface area contributed by atoms with Gasteiger partial charge in [-0.3, -0.25) is 9.59 Å². The summed E-state index contributed by atoms with van der Waals surface area (Å²) < 4.78 is 0. The van der Waals surface area contributed by atoms with Crippen molar-refractivity contribution in [3.63, 3.8) is 0 Å². The van der Waals surface area contributed by atoms with Gasteiger partial charge in [-0.25, -0.2) is 0 Å². The summed E-state index contributed by atoms with van der Waals surface area (Å²) in [6, 6.07) is 14.3. The van der Waals surface area contributed by atoms with Crippen LogP contribution in [0.4, 0.5) is 5.69 Å². The second-order valence-corrected chi connectivity index (χ2v) is 14.7. The van der Waals surface area contributed by atoms with Gasteiger partial charge < -0.3 is 14.6 Å². The highest BCUT2D eigenvalue weighted by Gasteiger charge is 2.40. The van der Waals surface area contributed by atoms with E-state index >= 15 is 0 Å². The fourth-order valence-electron chi connectivity index (χ4n) is 5.14. The second kappa shape index (κ2) is 9.86. The summed E-state index contributed by atoms with van der Waals surface area (Å²) in [5.74, 6) is 0.0662. The van der Waals surface area contributed by atoms with Gasteiger partial charge in [0.15, 0.2) is 5.78 Å². The van der Waals surface area contributed by atoms with E-state index < -0.39 is 8.07 Å². The van der Waals surface area contributed by atoms with Crippen molar-refractivity contribution >= 4 is 42.0 Å². The number of amides is 1. The molecule has 0 unspecified atom stereocenters. The Morgan fingerprint density at radius 3 is 2.36 bits per heavy atom. The topological polar surface area (TPSA) is 57.7 Å². The summed E-state index contributed by atoms with van der Waals surface area (Å²) in [6.07, 6.45) is 6.46. The number of allylic oxidation sites excluding steroid dienone is 5. The van der Waals surface area contributed by atoms with Crippen LogP contribution in [-0.2, 0) is 9.59 Å². The zero-order valence-corrected chi connectivity index (χ0v) is 23.0. The van der Waals surface area contributed by atoms with Gasteiger partial charge in [-0.1, -0.05) is 43.4 Å². The molecule has 2 aromatic carbocycles. The Bertz CT molecular complexity index is 1350. The first kappa shape index (κ1) is 25.6. The Labute approximate surface area is 214 Å². The molecular weight excluding hydrogens is 464 g/mol. The first-order valence-electron chi connectivity index (χ1n) is 12.4. The molecule has 2 aliphatic rings. The van der Waals surface area contributed by atoms with Gasteiger partial charge in [0.05, 0.1) is 0 Å². The van der Waals surface area contributed by atoms with Crippen LogP contribution in [0.1, 0.15) is 41.3 Å². The predicted molar refractivity (Wildman–Crippen MR) is 149 cm³/mol. The molecule has 1 aliphatic heterocycles. The van der Waals surface area contributed by atoms with Crippen LogP contribution < -0.4 is 10.1 Å². The lowest BCUT2D eigenvalue weighted by molar-refractivity contribution is -0.117. The van der Waals surface area contributed by atoms with E-state index in [1.54, 1.807) is 31.0 Å². The summed E-state index contributed by atoms with van der Waals surface area (Å²) in [7, 11) is 3.66. The molecular formula is C30H34N2O3Si. The highest BCUT2D eigenvalue weighted by Crippen LogP contribution is 2.42. The third-order valence-electron chi connectivity index (χ3n) is 7.19. The first-order valence-corrected chi connectivity index (χ1v) is 15.4. The number of carbonyl (C=O) groups excluding carboxylic acids is 3. The minimum Gasteiger partial charge on any atom is -0.378 e. The van der Waals surface area contributed by atoms with Gasteiger partial charge in [-0.15, -0.1) is 0 Å². The lowest BCUT2D eigenvalue weighted by atomic mass is 9.87. The Hall–Kier alpha value is -3.51. The van der Waals surface area contributed by atoms with E-state index in [9.17, 15) is 14.4 Å². The van der Waals surface area contributed by atoms with Crippen molar-refractivity contribution in [3.05, 3.63) is 88.2 Å². The molecule has 0 bridgehead atoms. The van der Waals surface area contributed by atoms with Crippen molar-refractivity contribution in [2.75, 3.05) is 32.6 Å². The third kappa shape index (κ3) is 4.65. The van der Waals surface area contributed by atoms with Crippen LogP contribution in [-0.4, -0.2) is 58.1 Å². The van der Waals surface area contributed by atoms with Crippen LogP contribution in [0.5, 0.6) is 0 Å². The minimum atomic E-state index is -2.18. The molecule has 36 heavy (non-hydrogen) atoms. The van der Waals surface area contributed by atoms with Crippen LogP contribution in [0.15, 0.2) is 71.5 Å². The van der Waals surface area contributed by atoms with Crippen molar-refractivity contribution in [1.29, 1.82) is 0 Å². The maximum absolute atomic E-state index is 13.6. The lowest BCUT2D eigenvalue weighted by Crippen LogP contribution is -2.49. The molecule has 1 heterocycles. The maximum Gasteiger partial charge on any atom is 0.254 e. The summed E-state index contributed by atoms with van der Waals surface area (Å²) in [5, 5.41) is 2.37. The molecule has 0 fully saturated rings. The number of hydrogen-bond donors (Lipinski definition) is 0. The number of ketones is 2. The number of rotatable bonds is 7. The van der Waals surface area contributed by atoms with Crippen LogP contribution in [0.3, 0.4) is 0 Å². The predicted octanol–water partition coefficient (Wildman–Crippen LogP) is 4.53. The second-order valence-electron chi connectivity index (χ2n) is 10.4. The highest BCUT2D eigenvalue weighted by molar-refractivity contribution is 6.98. The van der Waals surface area contributed by atoms with E-state index in [4.69, 9.17) is 0 Å². The van der Waals surface area contributed by atoms with Crippen molar-refractivity contribution in [1.82, 2.24) is 4.90 Å². The molecule has 0 atom stereocenters. The molecule has 1 amide bonds. The SMILES string of the molecule is CC(=O)CCCN(C)C(=O)c1ccccc1C1=C2C=CC(=O)C=C2[Si](C)(C)c2cc(N(C)C)ccc21. The molecule has 0 radical (unpaired) electrons. The zero-order chi connectivity index (χ0) is 26.2. The van der Waals surface area contributed by atoms with Crippen molar-refractivity contribution in [2.24, 2.45) is 0 Å². The van der Waals surface area contributed by atoms with Gasteiger partial charge in [0.2, 0.25) is 0 Å². The van der Waals surface area contributed by atoms with Gasteiger partial charge >= 0.3 is 0 Å². The van der Waals surface area contributed by atoms with Crippen molar-refractivity contribution in [2.45, 2.75) is 32.9 Å². The Morgan fingerprint density at radius 2 is 1.67 bits per heavy atom. The molecule has 0 saturated heterocycles. The standard InChI is InChI=1S/C30H34N2O3Si/c1-20(33)10-9-17-32(4)30(35)24-12-8-7-11-23(24)29-25-15-13-21(31(2)3)18-27(25)36(5,6)28-19-22(34)14-16-26(28)29/h7-8,11-16,18-19H,9-10,17H2,1-6H3. The maximum atomic E-state index is 13.6. The Kier molecular flexibility index (Phi) is 7.00. The average Bonchev–Trinajstić information content (AvgIpc) is 2.84. The van der Waals surface area contributed by atoms with E-state index in [0.717, 1.165) is 33.2 Å². The molecule has 0 saturated carbocycles. The number of fused-ring (bicyclic) bond motifs is 2. The summed E-state index contributed by atoms with van der Waals surface area (Å²) >= 11 is 0. The zero-order valence-electron chi connectivity index (χ0n) is 22.0. The molecule has 0 spiro atoms. The lowest BCUT2D eigenvalue weighted by Gasteiger charge is -2.38. The molecule has 6 heteroatoms. The van der Waals surface area contributed by atoms with Gasteiger partial charge in [0.1, 0.15) is 13.9 Å². The molecule has 4 rings (SSSR count). The van der Waals surface area contributed by atoms with Crippen LogP contribution in [0.2, 0.25) is 13.1 Å². The van der Waals surface area contributed by atoms with E-state index in [2.05, 4.69) is 36.2 Å². The summed E-state index contributed by atoms with van der Waals surface area (Å²) in [5.41, 5.74) is 5.77. The molecule has 0 N–H and O–H groups in total. The van der Waals surface area contributed by atoms with Gasteiger partial charge in [-0.2, -0.15) is 0 Å². The minimum absolute atomic E-state index is 0.00968. The third-order valence-corrected chi connectivity index (χ3v) is 10.7. The van der Waals surface area contributed by atoms with Crippen molar-refractivity contribution < 1.29 is 14.4 Å². The number of hydrogen-bond acceptors (Lipinski definition) is 4. The molecule has 5 nitrogen and oxygen atoms in total. The monoisotopic (exact) mass is 498 g/mol. The first-order chi connectivity index (χ1) is 17.0. The fourth-order valence-corrected chi connectivity index (χ4v) is 8.21. The van der Waals surface area contributed by atoms with E-state index in [1.807, 2.05) is 44.4 Å².